The molecule has 0 amide bonds. The molecule has 0 atom stereocenters. The average molecular weight is 385 g/mol. The van der Waals surface area contributed by atoms with Crippen molar-refractivity contribution in [3.8, 4) is 0 Å². The summed E-state index contributed by atoms with van der Waals surface area (Å²) in [6.07, 6.45) is 1.56. The lowest BCUT2D eigenvalue weighted by Crippen LogP contribution is -2.37. The number of halogens is 1. The van der Waals surface area contributed by atoms with Gasteiger partial charge in [0.15, 0.2) is 11.6 Å². The Balaban J connectivity index is 1.72. The molecule has 0 bridgehead atoms. The molecule has 1 fully saturated rings. The molecule has 1 aliphatic heterocycles. The summed E-state index contributed by atoms with van der Waals surface area (Å²) in [4.78, 5) is 22.0. The SMILES string of the molecule is Cc1ccc(CN(C)c2ncnc3c(N4CCOCC4)nc(Cl)nc23)cc1. The molecule has 0 spiro atoms. The Bertz CT molecular complexity index is 943. The van der Waals surface area contributed by atoms with Gasteiger partial charge in [0, 0.05) is 26.7 Å². The van der Waals surface area contributed by atoms with Gasteiger partial charge in [-0.25, -0.2) is 15.0 Å². The zero-order valence-corrected chi connectivity index (χ0v) is 16.1. The highest BCUT2D eigenvalue weighted by molar-refractivity contribution is 6.29. The van der Waals surface area contributed by atoms with Gasteiger partial charge in [-0.15, -0.1) is 0 Å². The molecule has 27 heavy (non-hydrogen) atoms. The highest BCUT2D eigenvalue weighted by Crippen LogP contribution is 2.29. The minimum absolute atomic E-state index is 0.198. The van der Waals surface area contributed by atoms with Crippen LogP contribution in [0.1, 0.15) is 11.1 Å². The van der Waals surface area contributed by atoms with E-state index < -0.39 is 0 Å². The predicted octanol–water partition coefficient (Wildman–Crippen LogP) is 2.85. The zero-order chi connectivity index (χ0) is 18.8. The van der Waals surface area contributed by atoms with Crippen molar-refractivity contribution in [3.05, 3.63) is 47.0 Å². The fourth-order valence-corrected chi connectivity index (χ4v) is 3.38. The van der Waals surface area contributed by atoms with Crippen molar-refractivity contribution < 1.29 is 4.74 Å². The monoisotopic (exact) mass is 384 g/mol. The summed E-state index contributed by atoms with van der Waals surface area (Å²) >= 11 is 6.24. The first-order valence-electron chi connectivity index (χ1n) is 8.89. The molecule has 0 radical (unpaired) electrons. The average Bonchev–Trinajstić information content (AvgIpc) is 2.69. The maximum atomic E-state index is 6.24. The van der Waals surface area contributed by atoms with Gasteiger partial charge in [-0.05, 0) is 24.1 Å². The molecule has 8 heteroatoms. The lowest BCUT2D eigenvalue weighted by atomic mass is 10.1. The smallest absolute Gasteiger partial charge is 0.225 e. The van der Waals surface area contributed by atoms with E-state index in [0.717, 1.165) is 24.7 Å². The lowest BCUT2D eigenvalue weighted by Gasteiger charge is -2.28. The number of fused-ring (bicyclic) bond motifs is 1. The number of nitrogens with zero attached hydrogens (tertiary/aromatic N) is 6. The van der Waals surface area contributed by atoms with Crippen molar-refractivity contribution in [2.75, 3.05) is 43.2 Å². The minimum Gasteiger partial charge on any atom is -0.378 e. The van der Waals surface area contributed by atoms with Gasteiger partial charge in [0.1, 0.15) is 17.4 Å². The van der Waals surface area contributed by atoms with E-state index >= 15 is 0 Å². The van der Waals surface area contributed by atoms with Crippen LogP contribution < -0.4 is 9.80 Å². The van der Waals surface area contributed by atoms with Crippen LogP contribution >= 0.6 is 11.6 Å². The Morgan fingerprint density at radius 2 is 1.81 bits per heavy atom. The number of aryl methyl sites for hydroxylation is 1. The van der Waals surface area contributed by atoms with Crippen molar-refractivity contribution >= 4 is 34.3 Å². The fraction of sp³-hybridized carbons (Fsp3) is 0.368. The van der Waals surface area contributed by atoms with E-state index in [1.54, 1.807) is 6.33 Å². The molecular formula is C19H21ClN6O. The van der Waals surface area contributed by atoms with Crippen LogP contribution in [0.2, 0.25) is 5.28 Å². The number of benzene rings is 1. The molecule has 4 rings (SSSR count). The van der Waals surface area contributed by atoms with Crippen molar-refractivity contribution in [1.82, 2.24) is 19.9 Å². The van der Waals surface area contributed by atoms with Crippen molar-refractivity contribution in [2.45, 2.75) is 13.5 Å². The molecule has 1 aromatic carbocycles. The van der Waals surface area contributed by atoms with E-state index in [-0.39, 0.29) is 5.28 Å². The van der Waals surface area contributed by atoms with Gasteiger partial charge in [-0.1, -0.05) is 29.8 Å². The number of rotatable bonds is 4. The fourth-order valence-electron chi connectivity index (χ4n) is 3.21. The third kappa shape index (κ3) is 3.79. The Kier molecular flexibility index (Phi) is 5.05. The molecule has 7 nitrogen and oxygen atoms in total. The topological polar surface area (TPSA) is 67.3 Å². The van der Waals surface area contributed by atoms with E-state index in [2.05, 4.69) is 60.9 Å². The van der Waals surface area contributed by atoms with Crippen LogP contribution in [0.3, 0.4) is 0 Å². The van der Waals surface area contributed by atoms with Crippen LogP contribution in [0.4, 0.5) is 11.6 Å². The van der Waals surface area contributed by atoms with Crippen LogP contribution in [-0.2, 0) is 11.3 Å². The van der Waals surface area contributed by atoms with Gasteiger partial charge in [-0.2, -0.15) is 4.98 Å². The third-order valence-corrected chi connectivity index (χ3v) is 4.80. The van der Waals surface area contributed by atoms with E-state index in [4.69, 9.17) is 16.3 Å². The number of aromatic nitrogens is 4. The van der Waals surface area contributed by atoms with Crippen LogP contribution in [0, 0.1) is 6.92 Å². The minimum atomic E-state index is 0.198. The summed E-state index contributed by atoms with van der Waals surface area (Å²) in [6, 6.07) is 8.46. The molecule has 3 heterocycles. The van der Waals surface area contributed by atoms with Crippen LogP contribution in [0.25, 0.3) is 11.0 Å². The molecule has 1 saturated heterocycles. The molecule has 0 saturated carbocycles. The predicted molar refractivity (Wildman–Crippen MR) is 106 cm³/mol. The number of anilines is 2. The van der Waals surface area contributed by atoms with Gasteiger partial charge in [0.2, 0.25) is 5.28 Å². The van der Waals surface area contributed by atoms with E-state index in [0.29, 0.717) is 30.8 Å². The normalized spacial score (nSPS) is 14.6. The Morgan fingerprint density at radius 3 is 2.56 bits per heavy atom. The molecule has 0 unspecified atom stereocenters. The first kappa shape index (κ1) is 17.9. The second-order valence-electron chi connectivity index (χ2n) is 6.65. The highest BCUT2D eigenvalue weighted by Gasteiger charge is 2.21. The number of morpholine rings is 1. The molecule has 2 aromatic heterocycles. The van der Waals surface area contributed by atoms with Gasteiger partial charge >= 0.3 is 0 Å². The Hall–Kier alpha value is -2.51. The molecule has 0 aliphatic carbocycles. The third-order valence-electron chi connectivity index (χ3n) is 4.63. The summed E-state index contributed by atoms with van der Waals surface area (Å²) in [6.45, 7) is 5.61. The lowest BCUT2D eigenvalue weighted by molar-refractivity contribution is 0.122. The molecule has 140 valence electrons. The molecule has 3 aromatic rings. The summed E-state index contributed by atoms with van der Waals surface area (Å²) in [5.74, 6) is 1.47. The van der Waals surface area contributed by atoms with Crippen molar-refractivity contribution in [1.29, 1.82) is 0 Å². The summed E-state index contributed by atoms with van der Waals surface area (Å²) < 4.78 is 5.44. The van der Waals surface area contributed by atoms with Crippen molar-refractivity contribution in [2.24, 2.45) is 0 Å². The van der Waals surface area contributed by atoms with Gasteiger partial charge in [0.05, 0.1) is 13.2 Å². The first-order chi connectivity index (χ1) is 13.1. The summed E-state index contributed by atoms with van der Waals surface area (Å²) in [5, 5.41) is 0.198. The van der Waals surface area contributed by atoms with E-state index in [1.165, 1.54) is 11.1 Å². The van der Waals surface area contributed by atoms with Gasteiger partial charge < -0.3 is 14.5 Å². The maximum absolute atomic E-state index is 6.24. The van der Waals surface area contributed by atoms with Crippen LogP contribution in [-0.4, -0.2) is 53.3 Å². The molecular weight excluding hydrogens is 364 g/mol. The molecule has 0 N–H and O–H groups in total. The Morgan fingerprint density at radius 1 is 1.07 bits per heavy atom. The number of hydrogen-bond donors (Lipinski definition) is 0. The number of ether oxygens (including phenoxy) is 1. The van der Waals surface area contributed by atoms with Crippen LogP contribution in [0.15, 0.2) is 30.6 Å². The highest BCUT2D eigenvalue weighted by atomic mass is 35.5. The van der Waals surface area contributed by atoms with E-state index in [9.17, 15) is 0 Å². The second-order valence-corrected chi connectivity index (χ2v) is 6.99. The van der Waals surface area contributed by atoms with Crippen molar-refractivity contribution in [3.63, 3.8) is 0 Å². The summed E-state index contributed by atoms with van der Waals surface area (Å²) in [5.41, 5.74) is 3.81. The van der Waals surface area contributed by atoms with Gasteiger partial charge in [-0.3, -0.25) is 0 Å². The quantitative estimate of drug-likeness (QED) is 0.640. The zero-order valence-electron chi connectivity index (χ0n) is 15.4. The second kappa shape index (κ2) is 7.62. The first-order valence-corrected chi connectivity index (χ1v) is 9.27. The van der Waals surface area contributed by atoms with Gasteiger partial charge in [0.25, 0.3) is 0 Å². The Labute approximate surface area is 163 Å². The standard InChI is InChI=1S/C19H21ClN6O/c1-13-3-5-14(6-4-13)11-25(2)17-16-15(21-12-22-17)18(24-19(20)23-16)26-7-9-27-10-8-26/h3-6,12H,7-11H2,1-2H3. The maximum Gasteiger partial charge on any atom is 0.225 e. The largest absolute Gasteiger partial charge is 0.378 e. The summed E-state index contributed by atoms with van der Waals surface area (Å²) in [7, 11) is 1.99. The van der Waals surface area contributed by atoms with E-state index in [1.807, 2.05) is 7.05 Å². The van der Waals surface area contributed by atoms with Crippen LogP contribution in [0.5, 0.6) is 0 Å². The molecule has 1 aliphatic rings. The number of hydrogen-bond acceptors (Lipinski definition) is 7.